The van der Waals surface area contributed by atoms with Crippen molar-refractivity contribution in [3.8, 4) is 17.0 Å². The van der Waals surface area contributed by atoms with Crippen molar-refractivity contribution < 1.29 is 17.9 Å². The van der Waals surface area contributed by atoms with Gasteiger partial charge in [-0.05, 0) is 50.7 Å². The van der Waals surface area contributed by atoms with Crippen molar-refractivity contribution in [2.75, 3.05) is 5.73 Å². The molecule has 2 fully saturated rings. The first-order valence-corrected chi connectivity index (χ1v) is 8.79. The second kappa shape index (κ2) is 6.17. The van der Waals surface area contributed by atoms with Gasteiger partial charge < -0.3 is 10.5 Å². The maximum atomic E-state index is 13.5. The van der Waals surface area contributed by atoms with Crippen molar-refractivity contribution in [2.24, 2.45) is 11.8 Å². The van der Waals surface area contributed by atoms with E-state index in [1.54, 1.807) is 0 Å². The zero-order valence-corrected chi connectivity index (χ0v) is 14.6. The van der Waals surface area contributed by atoms with Gasteiger partial charge in [0.2, 0.25) is 0 Å². The molecule has 0 spiro atoms. The maximum Gasteiger partial charge on any atom is 0.387 e. The van der Waals surface area contributed by atoms with Crippen molar-refractivity contribution >= 4 is 5.82 Å². The van der Waals surface area contributed by atoms with E-state index in [4.69, 9.17) is 5.73 Å². The van der Waals surface area contributed by atoms with Gasteiger partial charge in [-0.1, -0.05) is 0 Å². The average molecular weight is 366 g/mol. The number of hydrogen-bond donors (Lipinski definition) is 1. The Balaban J connectivity index is 1.67. The molecule has 4 atom stereocenters. The Hall–Kier alpha value is -2.25. The number of aromatic nitrogens is 3. The van der Waals surface area contributed by atoms with Gasteiger partial charge in [-0.2, -0.15) is 13.9 Å². The molecule has 0 bridgehead atoms. The van der Waals surface area contributed by atoms with Gasteiger partial charge in [0.25, 0.3) is 0 Å². The monoisotopic (exact) mass is 366 g/mol. The lowest BCUT2D eigenvalue weighted by molar-refractivity contribution is -0.0494. The molecule has 140 valence electrons. The fraction of sp³-hybridized carbons (Fsp3) is 0.556. The number of nitrogens with two attached hydrogens (primary N) is 1. The van der Waals surface area contributed by atoms with Crippen molar-refractivity contribution in [1.82, 2.24) is 14.8 Å². The summed E-state index contributed by atoms with van der Waals surface area (Å²) in [5, 5.41) is 4.64. The molecule has 0 amide bonds. The number of hydrogen-bond acceptors (Lipinski definition) is 4. The Kier molecular flexibility index (Phi) is 4.08. The summed E-state index contributed by atoms with van der Waals surface area (Å²) >= 11 is 0. The number of pyridine rings is 1. The van der Waals surface area contributed by atoms with E-state index in [0.29, 0.717) is 41.9 Å². The second-order valence-electron chi connectivity index (χ2n) is 7.40. The van der Waals surface area contributed by atoms with Gasteiger partial charge in [0, 0.05) is 29.4 Å². The molecule has 2 aromatic heterocycles. The molecule has 2 aliphatic rings. The molecular formula is C18H21F3N4O. The van der Waals surface area contributed by atoms with E-state index in [0.717, 1.165) is 5.69 Å². The highest BCUT2D eigenvalue weighted by Crippen LogP contribution is 2.64. The molecule has 0 saturated heterocycles. The highest BCUT2D eigenvalue weighted by atomic mass is 19.3. The Morgan fingerprint density at radius 2 is 1.92 bits per heavy atom. The Morgan fingerprint density at radius 3 is 2.54 bits per heavy atom. The van der Waals surface area contributed by atoms with E-state index < -0.39 is 12.8 Å². The van der Waals surface area contributed by atoms with Crippen LogP contribution in [0.25, 0.3) is 11.3 Å². The lowest BCUT2D eigenvalue weighted by atomic mass is 10.1. The SMILES string of the molecule is CC(C)n1nc(-c2cnc(N)c(OC(F)F)c2)cc1[C@@H]1[C@@H]2C[C@H](F)C[C@@H]21. The topological polar surface area (TPSA) is 66.0 Å². The Labute approximate surface area is 149 Å². The van der Waals surface area contributed by atoms with Crippen molar-refractivity contribution in [3.05, 3.63) is 24.0 Å². The predicted molar refractivity (Wildman–Crippen MR) is 90.7 cm³/mol. The number of nitrogen functional groups attached to an aromatic ring is 1. The summed E-state index contributed by atoms with van der Waals surface area (Å²) in [6.07, 6.45) is 2.04. The molecule has 0 unspecified atom stereocenters. The largest absolute Gasteiger partial charge is 0.431 e. The van der Waals surface area contributed by atoms with Crippen LogP contribution in [-0.4, -0.2) is 27.5 Å². The number of anilines is 1. The summed E-state index contributed by atoms with van der Waals surface area (Å²) in [7, 11) is 0. The molecule has 2 N–H and O–H groups in total. The quantitative estimate of drug-likeness (QED) is 0.862. The fourth-order valence-corrected chi connectivity index (χ4v) is 4.21. The summed E-state index contributed by atoms with van der Waals surface area (Å²) in [4.78, 5) is 3.94. The molecule has 2 aliphatic carbocycles. The molecule has 0 aliphatic heterocycles. The van der Waals surface area contributed by atoms with Gasteiger partial charge in [-0.25, -0.2) is 9.37 Å². The minimum atomic E-state index is -2.97. The summed E-state index contributed by atoms with van der Waals surface area (Å²) in [5.41, 5.74) is 7.86. The highest BCUT2D eigenvalue weighted by molar-refractivity contribution is 5.64. The van der Waals surface area contributed by atoms with Gasteiger partial charge in [-0.15, -0.1) is 0 Å². The molecule has 2 aromatic rings. The van der Waals surface area contributed by atoms with Crippen molar-refractivity contribution in [1.29, 1.82) is 0 Å². The normalized spacial score (nSPS) is 27.2. The van der Waals surface area contributed by atoms with E-state index in [2.05, 4.69) is 14.8 Å². The lowest BCUT2D eigenvalue weighted by Gasteiger charge is -2.12. The van der Waals surface area contributed by atoms with Crippen LogP contribution in [0.3, 0.4) is 0 Å². The standard InChI is InChI=1S/C18H21F3N4O/c1-8(2)25-14(16-11-4-10(19)5-12(11)16)6-13(24-25)9-3-15(26-18(20)21)17(22)23-7-9/h3,6-8,10-12,16,18H,4-5H2,1-2H3,(H2,22,23)/t10-,11+,12-,16+. The van der Waals surface area contributed by atoms with Crippen LogP contribution >= 0.6 is 0 Å². The maximum absolute atomic E-state index is 13.5. The molecule has 0 aromatic carbocycles. The third-order valence-electron chi connectivity index (χ3n) is 5.38. The summed E-state index contributed by atoms with van der Waals surface area (Å²) < 4.78 is 44.9. The average Bonchev–Trinajstić information content (AvgIpc) is 2.94. The number of halogens is 3. The summed E-state index contributed by atoms with van der Waals surface area (Å²) in [6, 6.07) is 3.52. The van der Waals surface area contributed by atoms with Crippen LogP contribution in [0.5, 0.6) is 5.75 Å². The predicted octanol–water partition coefficient (Wildman–Crippen LogP) is 4.17. The highest BCUT2D eigenvalue weighted by Gasteiger charge is 2.58. The van der Waals surface area contributed by atoms with Crippen LogP contribution in [0.4, 0.5) is 19.0 Å². The van der Waals surface area contributed by atoms with Crippen LogP contribution in [0.1, 0.15) is 44.3 Å². The van der Waals surface area contributed by atoms with Crippen LogP contribution in [-0.2, 0) is 0 Å². The fourth-order valence-electron chi connectivity index (χ4n) is 4.21. The zero-order chi connectivity index (χ0) is 18.6. The van der Waals surface area contributed by atoms with E-state index in [1.807, 2.05) is 24.6 Å². The number of fused-ring (bicyclic) bond motifs is 1. The molecule has 26 heavy (non-hydrogen) atoms. The van der Waals surface area contributed by atoms with E-state index in [-0.39, 0.29) is 17.6 Å². The molecule has 0 radical (unpaired) electrons. The van der Waals surface area contributed by atoms with Gasteiger partial charge >= 0.3 is 6.61 Å². The minimum absolute atomic E-state index is 0.0942. The van der Waals surface area contributed by atoms with Gasteiger partial charge in [0.15, 0.2) is 11.6 Å². The number of alkyl halides is 3. The smallest absolute Gasteiger partial charge is 0.387 e. The van der Waals surface area contributed by atoms with Gasteiger partial charge in [-0.3, -0.25) is 4.68 Å². The zero-order valence-electron chi connectivity index (χ0n) is 14.6. The summed E-state index contributed by atoms with van der Waals surface area (Å²) in [5.74, 6) is 0.831. The third-order valence-corrected chi connectivity index (χ3v) is 5.38. The van der Waals surface area contributed by atoms with Crippen molar-refractivity contribution in [2.45, 2.75) is 51.4 Å². The molecule has 4 rings (SSSR count). The van der Waals surface area contributed by atoms with Crippen LogP contribution < -0.4 is 10.5 Å². The number of nitrogens with zero attached hydrogens (tertiary/aromatic N) is 3. The molecule has 2 saturated carbocycles. The first-order chi connectivity index (χ1) is 12.3. The molecule has 8 heteroatoms. The minimum Gasteiger partial charge on any atom is -0.431 e. The van der Waals surface area contributed by atoms with Crippen LogP contribution in [0, 0.1) is 11.8 Å². The van der Waals surface area contributed by atoms with Crippen molar-refractivity contribution in [3.63, 3.8) is 0 Å². The molecule has 2 heterocycles. The van der Waals surface area contributed by atoms with E-state index >= 15 is 0 Å². The van der Waals surface area contributed by atoms with Crippen LogP contribution in [0.15, 0.2) is 18.3 Å². The summed E-state index contributed by atoms with van der Waals surface area (Å²) in [6.45, 7) is 1.09. The second-order valence-corrected chi connectivity index (χ2v) is 7.40. The Morgan fingerprint density at radius 1 is 1.23 bits per heavy atom. The van der Waals surface area contributed by atoms with E-state index in [1.165, 1.54) is 12.3 Å². The number of rotatable bonds is 5. The lowest BCUT2D eigenvalue weighted by Crippen LogP contribution is -2.09. The van der Waals surface area contributed by atoms with Crippen LogP contribution in [0.2, 0.25) is 0 Å². The number of ether oxygens (including phenoxy) is 1. The molecular weight excluding hydrogens is 345 g/mol. The van der Waals surface area contributed by atoms with Gasteiger partial charge in [0.1, 0.15) is 6.17 Å². The van der Waals surface area contributed by atoms with E-state index in [9.17, 15) is 13.2 Å². The Bertz CT molecular complexity index is 811. The first-order valence-electron chi connectivity index (χ1n) is 8.79. The molecule has 5 nitrogen and oxygen atoms in total. The van der Waals surface area contributed by atoms with Gasteiger partial charge in [0.05, 0.1) is 5.69 Å². The third kappa shape index (κ3) is 2.91. The first kappa shape index (κ1) is 17.2.